The van der Waals surface area contributed by atoms with E-state index in [0.29, 0.717) is 6.42 Å². The summed E-state index contributed by atoms with van der Waals surface area (Å²) in [4.78, 5) is 11.0. The van der Waals surface area contributed by atoms with Gasteiger partial charge in [0.15, 0.2) is 0 Å². The zero-order valence-corrected chi connectivity index (χ0v) is 9.75. The average molecular weight is 215 g/mol. The molecule has 4 nitrogen and oxygen atoms in total. The molecule has 1 aliphatic carbocycles. The summed E-state index contributed by atoms with van der Waals surface area (Å²) in [6, 6.07) is 0. The number of rotatable bonds is 7. The number of hydrogen-bond acceptors (Lipinski definition) is 3. The summed E-state index contributed by atoms with van der Waals surface area (Å²) in [6.07, 6.45) is 2.99. The number of carbonyl (C=O) groups is 1. The van der Waals surface area contributed by atoms with Crippen molar-refractivity contribution in [1.29, 1.82) is 0 Å². The molecule has 1 saturated carbocycles. The Morgan fingerprint density at radius 1 is 1.67 bits per heavy atom. The quantitative estimate of drug-likeness (QED) is 0.671. The fourth-order valence-corrected chi connectivity index (χ4v) is 1.52. The van der Waals surface area contributed by atoms with Crippen LogP contribution in [0.1, 0.15) is 33.1 Å². The minimum Gasteiger partial charge on any atom is -0.480 e. The van der Waals surface area contributed by atoms with E-state index in [1.54, 1.807) is 14.0 Å². The van der Waals surface area contributed by atoms with Crippen LogP contribution in [0.5, 0.6) is 0 Å². The molecular weight excluding hydrogens is 194 g/mol. The minimum absolute atomic E-state index is 0.0147. The lowest BCUT2D eigenvalue weighted by molar-refractivity contribution is -0.145. The van der Waals surface area contributed by atoms with E-state index in [4.69, 9.17) is 9.84 Å². The van der Waals surface area contributed by atoms with Gasteiger partial charge < -0.3 is 15.2 Å². The fourth-order valence-electron chi connectivity index (χ4n) is 1.52. The van der Waals surface area contributed by atoms with E-state index in [1.165, 1.54) is 12.8 Å². The average Bonchev–Trinajstić information content (AvgIpc) is 2.97. The van der Waals surface area contributed by atoms with Crippen molar-refractivity contribution in [1.82, 2.24) is 5.32 Å². The summed E-state index contributed by atoms with van der Waals surface area (Å²) in [5, 5.41) is 11.9. The van der Waals surface area contributed by atoms with Gasteiger partial charge in [0, 0.05) is 13.0 Å². The van der Waals surface area contributed by atoms with Crippen LogP contribution in [0.3, 0.4) is 0 Å². The molecule has 4 heteroatoms. The van der Waals surface area contributed by atoms with Gasteiger partial charge in [0.05, 0.1) is 6.10 Å². The Bertz CT molecular complexity index is 228. The van der Waals surface area contributed by atoms with Crippen LogP contribution in [0.2, 0.25) is 0 Å². The molecule has 1 fully saturated rings. The number of ether oxygens (including phenoxy) is 1. The third-order valence-electron chi connectivity index (χ3n) is 3.03. The smallest absolute Gasteiger partial charge is 0.323 e. The molecule has 2 N–H and O–H groups in total. The van der Waals surface area contributed by atoms with Gasteiger partial charge in [-0.25, -0.2) is 0 Å². The van der Waals surface area contributed by atoms with Gasteiger partial charge in [0.25, 0.3) is 0 Å². The Morgan fingerprint density at radius 2 is 2.27 bits per heavy atom. The maximum absolute atomic E-state index is 11.0. The lowest BCUT2D eigenvalue weighted by Crippen LogP contribution is -2.49. The molecule has 2 atom stereocenters. The van der Waals surface area contributed by atoms with Crippen LogP contribution in [0, 0.1) is 5.92 Å². The molecular formula is C11H21NO3. The molecule has 0 radical (unpaired) electrons. The highest BCUT2D eigenvalue weighted by molar-refractivity contribution is 5.78. The number of carboxylic acid groups (broad SMARTS) is 1. The van der Waals surface area contributed by atoms with Gasteiger partial charge in [-0.1, -0.05) is 0 Å². The highest BCUT2D eigenvalue weighted by Gasteiger charge is 2.33. The molecule has 2 unspecified atom stereocenters. The van der Waals surface area contributed by atoms with Crippen LogP contribution in [-0.2, 0) is 9.53 Å². The zero-order valence-electron chi connectivity index (χ0n) is 9.75. The molecule has 0 aromatic heterocycles. The van der Waals surface area contributed by atoms with Gasteiger partial charge in [-0.3, -0.25) is 4.79 Å². The highest BCUT2D eigenvalue weighted by Crippen LogP contribution is 2.29. The van der Waals surface area contributed by atoms with Crippen molar-refractivity contribution in [2.75, 3.05) is 13.7 Å². The number of carboxylic acids is 1. The summed E-state index contributed by atoms with van der Waals surface area (Å²) < 4.78 is 5.61. The number of likely N-dealkylation sites (N-methyl/N-ethyl adjacent to an activating group) is 1. The van der Waals surface area contributed by atoms with Crippen LogP contribution in [-0.4, -0.2) is 36.4 Å². The highest BCUT2D eigenvalue weighted by atomic mass is 16.5. The van der Waals surface area contributed by atoms with E-state index >= 15 is 0 Å². The normalized spacial score (nSPS) is 22.1. The summed E-state index contributed by atoms with van der Waals surface area (Å²) in [7, 11) is 1.67. The Morgan fingerprint density at radius 3 is 2.67 bits per heavy atom. The Labute approximate surface area is 91.0 Å². The second kappa shape index (κ2) is 4.94. The summed E-state index contributed by atoms with van der Waals surface area (Å²) >= 11 is 0. The third-order valence-corrected chi connectivity index (χ3v) is 3.03. The van der Waals surface area contributed by atoms with Gasteiger partial charge in [0.2, 0.25) is 0 Å². The van der Waals surface area contributed by atoms with Crippen LogP contribution in [0.15, 0.2) is 0 Å². The Balaban J connectivity index is 2.32. The van der Waals surface area contributed by atoms with E-state index in [-0.39, 0.29) is 6.10 Å². The van der Waals surface area contributed by atoms with Crippen molar-refractivity contribution in [3.63, 3.8) is 0 Å². The van der Waals surface area contributed by atoms with E-state index < -0.39 is 11.5 Å². The molecule has 0 bridgehead atoms. The van der Waals surface area contributed by atoms with Crippen LogP contribution in [0.4, 0.5) is 0 Å². The van der Waals surface area contributed by atoms with Gasteiger partial charge in [-0.15, -0.1) is 0 Å². The Kier molecular flexibility index (Phi) is 4.11. The first-order chi connectivity index (χ1) is 6.98. The monoisotopic (exact) mass is 215 g/mol. The molecule has 88 valence electrons. The molecule has 0 amide bonds. The standard InChI is InChI=1S/C11H21NO3/c1-8(15-7-9-4-5-9)6-11(2,12-3)10(13)14/h8-9,12H,4-7H2,1-3H3,(H,13,14). The van der Waals surface area contributed by atoms with Crippen molar-refractivity contribution in [2.24, 2.45) is 5.92 Å². The van der Waals surface area contributed by atoms with Crippen molar-refractivity contribution < 1.29 is 14.6 Å². The SMILES string of the molecule is CNC(C)(CC(C)OCC1CC1)C(=O)O. The van der Waals surface area contributed by atoms with Crippen molar-refractivity contribution in [3.8, 4) is 0 Å². The number of nitrogens with one attached hydrogen (secondary N) is 1. The van der Waals surface area contributed by atoms with Gasteiger partial charge in [0.1, 0.15) is 5.54 Å². The second-order valence-electron chi connectivity index (χ2n) is 4.68. The van der Waals surface area contributed by atoms with Crippen molar-refractivity contribution >= 4 is 5.97 Å². The van der Waals surface area contributed by atoms with E-state index in [1.807, 2.05) is 6.92 Å². The van der Waals surface area contributed by atoms with Crippen LogP contribution in [0.25, 0.3) is 0 Å². The van der Waals surface area contributed by atoms with Gasteiger partial charge in [-0.05, 0) is 39.7 Å². The molecule has 0 heterocycles. The van der Waals surface area contributed by atoms with Crippen LogP contribution < -0.4 is 5.32 Å². The molecule has 0 saturated heterocycles. The first-order valence-corrected chi connectivity index (χ1v) is 5.52. The topological polar surface area (TPSA) is 58.6 Å². The summed E-state index contributed by atoms with van der Waals surface area (Å²) in [5.41, 5.74) is -0.886. The fraction of sp³-hybridized carbons (Fsp3) is 0.909. The first kappa shape index (κ1) is 12.5. The van der Waals surface area contributed by atoms with Crippen LogP contribution >= 0.6 is 0 Å². The maximum Gasteiger partial charge on any atom is 0.323 e. The summed E-state index contributed by atoms with van der Waals surface area (Å²) in [5.74, 6) is -0.106. The first-order valence-electron chi connectivity index (χ1n) is 5.52. The molecule has 1 aliphatic rings. The van der Waals surface area contributed by atoms with E-state index in [9.17, 15) is 4.79 Å². The van der Waals surface area contributed by atoms with Crippen molar-refractivity contribution in [2.45, 2.75) is 44.8 Å². The van der Waals surface area contributed by atoms with Gasteiger partial charge in [-0.2, -0.15) is 0 Å². The largest absolute Gasteiger partial charge is 0.480 e. The molecule has 0 aliphatic heterocycles. The summed E-state index contributed by atoms with van der Waals surface area (Å²) in [6.45, 7) is 4.40. The second-order valence-corrected chi connectivity index (χ2v) is 4.68. The van der Waals surface area contributed by atoms with E-state index in [0.717, 1.165) is 12.5 Å². The van der Waals surface area contributed by atoms with E-state index in [2.05, 4.69) is 5.32 Å². The third kappa shape index (κ3) is 3.80. The predicted octanol–water partition coefficient (Wildman–Crippen LogP) is 1.25. The number of aliphatic carboxylic acids is 1. The lowest BCUT2D eigenvalue weighted by atomic mass is 9.95. The molecule has 15 heavy (non-hydrogen) atoms. The molecule has 0 spiro atoms. The minimum atomic E-state index is -0.886. The number of hydrogen-bond donors (Lipinski definition) is 2. The molecule has 1 rings (SSSR count). The lowest BCUT2D eigenvalue weighted by Gasteiger charge is -2.27. The Hall–Kier alpha value is -0.610. The molecule has 0 aromatic carbocycles. The predicted molar refractivity (Wildman–Crippen MR) is 57.9 cm³/mol. The maximum atomic E-state index is 11.0. The zero-order chi connectivity index (χ0) is 11.5. The molecule has 0 aromatic rings. The van der Waals surface area contributed by atoms with Gasteiger partial charge >= 0.3 is 5.97 Å². The van der Waals surface area contributed by atoms with Crippen molar-refractivity contribution in [3.05, 3.63) is 0 Å².